The number of halogens is 2. The van der Waals surface area contributed by atoms with E-state index in [9.17, 15) is 18.7 Å². The summed E-state index contributed by atoms with van der Waals surface area (Å²) in [4.78, 5) is 20.1. The lowest BCUT2D eigenvalue weighted by molar-refractivity contribution is -0.127. The van der Waals surface area contributed by atoms with Gasteiger partial charge in [0.1, 0.15) is 5.60 Å². The lowest BCUT2D eigenvalue weighted by Crippen LogP contribution is -2.48. The smallest absolute Gasteiger partial charge is 0.266 e. The molecule has 2 aromatic rings. The summed E-state index contributed by atoms with van der Waals surface area (Å²) in [5, 5.41) is 9.78. The van der Waals surface area contributed by atoms with Gasteiger partial charge < -0.3 is 5.11 Å². The molecule has 1 fully saturated rings. The van der Waals surface area contributed by atoms with Gasteiger partial charge >= 0.3 is 0 Å². The molecule has 8 heteroatoms. The first-order valence-corrected chi connectivity index (χ1v) is 7.91. The van der Waals surface area contributed by atoms with Crippen LogP contribution in [0.4, 0.5) is 8.78 Å². The van der Waals surface area contributed by atoms with E-state index in [2.05, 4.69) is 4.98 Å². The third-order valence-corrected chi connectivity index (χ3v) is 4.95. The van der Waals surface area contributed by atoms with Crippen LogP contribution in [0.1, 0.15) is 23.4 Å². The molecule has 0 radical (unpaired) electrons. The maximum Gasteiger partial charge on any atom is 0.266 e. The minimum atomic E-state index is -2.72. The predicted octanol–water partition coefficient (Wildman–Crippen LogP) is 1.66. The van der Waals surface area contributed by atoms with Crippen LogP contribution in [0, 0.1) is 6.92 Å². The Morgan fingerprint density at radius 3 is 2.77 bits per heavy atom. The number of hydrogen-bond acceptors (Lipinski definition) is 5. The molecule has 120 valence electrons. The number of aliphatic hydroxyl groups is 1. The molecule has 0 spiro atoms. The summed E-state index contributed by atoms with van der Waals surface area (Å²) in [6.07, 6.45) is -0.903. The van der Waals surface area contributed by atoms with Gasteiger partial charge in [-0.25, -0.2) is 13.8 Å². The van der Waals surface area contributed by atoms with Crippen LogP contribution in [0.5, 0.6) is 0 Å². The average molecular weight is 329 g/mol. The van der Waals surface area contributed by atoms with Gasteiger partial charge in [0.25, 0.3) is 12.0 Å². The second kappa shape index (κ2) is 5.68. The Morgan fingerprint density at radius 1 is 1.45 bits per heavy atom. The zero-order valence-electron chi connectivity index (χ0n) is 12.1. The first-order chi connectivity index (χ1) is 10.4. The Hall–Kier alpha value is -1.38. The molecule has 0 unspecified atom stereocenters. The first-order valence-electron chi connectivity index (χ1n) is 7.09. The number of fused-ring (bicyclic) bond motifs is 1. The predicted molar refractivity (Wildman–Crippen MR) is 79.5 cm³/mol. The Balaban J connectivity index is 1.73. The number of piperidine rings is 1. The summed E-state index contributed by atoms with van der Waals surface area (Å²) in [7, 11) is 0. The monoisotopic (exact) mass is 329 g/mol. The third kappa shape index (κ3) is 2.90. The summed E-state index contributed by atoms with van der Waals surface area (Å²) in [5.74, 6) is 0. The van der Waals surface area contributed by atoms with E-state index >= 15 is 0 Å². The van der Waals surface area contributed by atoms with Crippen molar-refractivity contribution in [1.82, 2.24) is 14.3 Å². The fraction of sp³-hybridized carbons (Fsp3) is 0.571. The Bertz CT molecular complexity index is 735. The Kier molecular flexibility index (Phi) is 4.00. The number of alkyl halides is 2. The highest BCUT2D eigenvalue weighted by atomic mass is 32.1. The van der Waals surface area contributed by atoms with Crippen LogP contribution in [0.25, 0.3) is 4.96 Å². The lowest BCUT2D eigenvalue weighted by Gasteiger charge is -2.37. The molecule has 0 bridgehead atoms. The standard InChI is InChI=1S/C14H17F2N3O2S/c1-9-7-19-11(20)6-10(17-13(19)22-9)8-18-4-2-14(21,3-5-18)12(15)16/h6-7,12,21H,2-5,8H2,1H3. The summed E-state index contributed by atoms with van der Waals surface area (Å²) in [5.41, 5.74) is -1.38. The molecule has 1 aliphatic rings. The molecule has 2 aromatic heterocycles. The maximum atomic E-state index is 12.8. The number of nitrogens with zero attached hydrogens (tertiary/aromatic N) is 3. The van der Waals surface area contributed by atoms with Crippen LogP contribution in [0.2, 0.25) is 0 Å². The van der Waals surface area contributed by atoms with E-state index in [1.165, 1.54) is 21.8 Å². The summed E-state index contributed by atoms with van der Waals surface area (Å²) < 4.78 is 27.0. The van der Waals surface area contributed by atoms with Crippen molar-refractivity contribution < 1.29 is 13.9 Å². The molecule has 0 saturated carbocycles. The summed E-state index contributed by atoms with van der Waals surface area (Å²) in [6.45, 7) is 3.08. The van der Waals surface area contributed by atoms with Crippen LogP contribution in [-0.2, 0) is 6.54 Å². The second-order valence-electron chi connectivity index (χ2n) is 5.76. The van der Waals surface area contributed by atoms with Crippen molar-refractivity contribution in [1.29, 1.82) is 0 Å². The van der Waals surface area contributed by atoms with Crippen molar-refractivity contribution in [2.45, 2.75) is 38.3 Å². The van der Waals surface area contributed by atoms with Gasteiger partial charge in [0, 0.05) is 36.8 Å². The van der Waals surface area contributed by atoms with Crippen LogP contribution in [-0.4, -0.2) is 44.5 Å². The topological polar surface area (TPSA) is 57.8 Å². The minimum Gasteiger partial charge on any atom is -0.384 e. The molecule has 3 rings (SSSR count). The normalized spacial score (nSPS) is 19.1. The summed E-state index contributed by atoms with van der Waals surface area (Å²) >= 11 is 1.44. The second-order valence-corrected chi connectivity index (χ2v) is 6.97. The van der Waals surface area contributed by atoms with Crippen molar-refractivity contribution in [3.63, 3.8) is 0 Å². The van der Waals surface area contributed by atoms with Crippen LogP contribution in [0.3, 0.4) is 0 Å². The molecule has 0 atom stereocenters. The molecule has 1 aliphatic heterocycles. The van der Waals surface area contributed by atoms with E-state index in [1.807, 2.05) is 11.8 Å². The van der Waals surface area contributed by atoms with Crippen molar-refractivity contribution >= 4 is 16.3 Å². The molecule has 22 heavy (non-hydrogen) atoms. The van der Waals surface area contributed by atoms with Gasteiger partial charge in [-0.05, 0) is 19.8 Å². The number of rotatable bonds is 3. The third-order valence-electron chi connectivity index (χ3n) is 4.05. The highest BCUT2D eigenvalue weighted by molar-refractivity contribution is 7.16. The highest BCUT2D eigenvalue weighted by Gasteiger charge is 2.40. The zero-order chi connectivity index (χ0) is 15.9. The number of hydrogen-bond donors (Lipinski definition) is 1. The molecular formula is C14H17F2N3O2S. The lowest BCUT2D eigenvalue weighted by atomic mass is 9.92. The molecule has 1 N–H and O–H groups in total. The Morgan fingerprint density at radius 2 is 2.14 bits per heavy atom. The van der Waals surface area contributed by atoms with E-state index in [0.717, 1.165) is 4.88 Å². The quantitative estimate of drug-likeness (QED) is 0.930. The molecule has 0 amide bonds. The van der Waals surface area contributed by atoms with Crippen molar-refractivity contribution in [2.24, 2.45) is 0 Å². The van der Waals surface area contributed by atoms with Gasteiger partial charge in [0.15, 0.2) is 4.96 Å². The number of aryl methyl sites for hydroxylation is 1. The van der Waals surface area contributed by atoms with E-state index in [0.29, 0.717) is 30.3 Å². The fourth-order valence-electron chi connectivity index (χ4n) is 2.68. The Labute approximate surface area is 129 Å². The molecule has 5 nitrogen and oxygen atoms in total. The van der Waals surface area contributed by atoms with Gasteiger partial charge in [-0.3, -0.25) is 14.1 Å². The molecular weight excluding hydrogens is 312 g/mol. The van der Waals surface area contributed by atoms with Crippen LogP contribution < -0.4 is 5.56 Å². The van der Waals surface area contributed by atoms with Gasteiger partial charge in [-0.15, -0.1) is 11.3 Å². The van der Waals surface area contributed by atoms with Crippen molar-refractivity contribution in [3.05, 3.63) is 33.2 Å². The van der Waals surface area contributed by atoms with Gasteiger partial charge in [0.2, 0.25) is 0 Å². The van der Waals surface area contributed by atoms with Crippen molar-refractivity contribution in [3.8, 4) is 0 Å². The van der Waals surface area contributed by atoms with E-state index in [-0.39, 0.29) is 18.4 Å². The highest BCUT2D eigenvalue weighted by Crippen LogP contribution is 2.29. The molecule has 0 aliphatic carbocycles. The number of thiazole rings is 1. The molecule has 3 heterocycles. The van der Waals surface area contributed by atoms with Crippen LogP contribution in [0.15, 0.2) is 17.1 Å². The van der Waals surface area contributed by atoms with Gasteiger partial charge in [-0.1, -0.05) is 0 Å². The summed E-state index contributed by atoms with van der Waals surface area (Å²) in [6, 6.07) is 1.48. The minimum absolute atomic E-state index is 0.0317. The maximum absolute atomic E-state index is 12.8. The van der Waals surface area contributed by atoms with E-state index in [1.54, 1.807) is 6.20 Å². The fourth-order valence-corrected chi connectivity index (χ4v) is 3.54. The molecule has 1 saturated heterocycles. The zero-order valence-corrected chi connectivity index (χ0v) is 12.9. The van der Waals surface area contributed by atoms with E-state index < -0.39 is 12.0 Å². The SMILES string of the molecule is Cc1cn2c(=O)cc(CN3CCC(O)(C(F)F)CC3)nc2s1. The largest absolute Gasteiger partial charge is 0.384 e. The van der Waals surface area contributed by atoms with Crippen LogP contribution >= 0.6 is 11.3 Å². The van der Waals surface area contributed by atoms with Gasteiger partial charge in [0.05, 0.1) is 5.69 Å². The van der Waals surface area contributed by atoms with Crippen molar-refractivity contribution in [2.75, 3.05) is 13.1 Å². The number of likely N-dealkylation sites (tertiary alicyclic amines) is 1. The van der Waals surface area contributed by atoms with E-state index in [4.69, 9.17) is 0 Å². The van der Waals surface area contributed by atoms with Gasteiger partial charge in [-0.2, -0.15) is 0 Å². The first kappa shape index (κ1) is 15.5. The number of aromatic nitrogens is 2. The molecule has 0 aromatic carbocycles. The average Bonchev–Trinajstić information content (AvgIpc) is 2.82.